The summed E-state index contributed by atoms with van der Waals surface area (Å²) in [6, 6.07) is 7.82. The summed E-state index contributed by atoms with van der Waals surface area (Å²) in [5.74, 6) is 0.886. The van der Waals surface area contributed by atoms with Crippen molar-refractivity contribution in [2.45, 2.75) is 25.7 Å². The zero-order valence-electron chi connectivity index (χ0n) is 11.4. The van der Waals surface area contributed by atoms with Crippen LogP contribution in [0.15, 0.2) is 34.5 Å². The number of halogens is 1. The molecule has 0 radical (unpaired) electrons. The lowest BCUT2D eigenvalue weighted by atomic mass is 10.1. The molecule has 1 aromatic carbocycles. The molecule has 0 aromatic heterocycles. The molecule has 2 aliphatic heterocycles. The van der Waals surface area contributed by atoms with Crippen LogP contribution >= 0.6 is 23.4 Å². The lowest BCUT2D eigenvalue weighted by Crippen LogP contribution is -2.31. The summed E-state index contributed by atoms with van der Waals surface area (Å²) in [5, 5.41) is 10.7. The zero-order valence-corrected chi connectivity index (χ0v) is 13.0. The second kappa shape index (κ2) is 6.64. The van der Waals surface area contributed by atoms with E-state index >= 15 is 0 Å². The first-order chi connectivity index (χ1) is 9.83. The molecule has 1 fully saturated rings. The summed E-state index contributed by atoms with van der Waals surface area (Å²) in [6.07, 6.45) is 5.22. The molecule has 1 aromatic rings. The monoisotopic (exact) mass is 307 g/mol. The number of thioether (sulfide) groups is 1. The molecule has 0 bridgehead atoms. The second-order valence-electron chi connectivity index (χ2n) is 5.13. The molecule has 1 saturated heterocycles. The fourth-order valence-corrected chi connectivity index (χ4v) is 3.57. The van der Waals surface area contributed by atoms with Crippen molar-refractivity contribution in [1.82, 2.24) is 4.90 Å². The molecule has 20 heavy (non-hydrogen) atoms. The molecular formula is C15H18ClN3S. The predicted octanol–water partition coefficient (Wildman–Crippen LogP) is 4.02. The van der Waals surface area contributed by atoms with Crippen molar-refractivity contribution in [3.8, 4) is 0 Å². The van der Waals surface area contributed by atoms with Gasteiger partial charge in [0.25, 0.3) is 0 Å². The van der Waals surface area contributed by atoms with Crippen molar-refractivity contribution in [3.05, 3.63) is 34.9 Å². The number of benzene rings is 1. The van der Waals surface area contributed by atoms with Gasteiger partial charge in [-0.05, 0) is 30.5 Å². The van der Waals surface area contributed by atoms with Gasteiger partial charge in [0.1, 0.15) is 0 Å². The minimum Gasteiger partial charge on any atom is -0.350 e. The topological polar surface area (TPSA) is 28.0 Å². The minimum atomic E-state index is 0.756. The van der Waals surface area contributed by atoms with Crippen LogP contribution in [0, 0.1) is 0 Å². The first kappa shape index (κ1) is 14.0. The summed E-state index contributed by atoms with van der Waals surface area (Å²) < 4.78 is 0. The lowest BCUT2D eigenvalue weighted by Gasteiger charge is -2.24. The van der Waals surface area contributed by atoms with E-state index in [-0.39, 0.29) is 0 Å². The van der Waals surface area contributed by atoms with Gasteiger partial charge in [0.15, 0.2) is 5.17 Å². The van der Waals surface area contributed by atoms with Crippen LogP contribution in [-0.4, -0.2) is 34.6 Å². The Morgan fingerprint density at radius 2 is 1.65 bits per heavy atom. The third-order valence-corrected chi connectivity index (χ3v) is 4.92. The molecule has 0 unspecified atom stereocenters. The predicted molar refractivity (Wildman–Crippen MR) is 87.9 cm³/mol. The summed E-state index contributed by atoms with van der Waals surface area (Å²) in [6.45, 7) is 2.25. The highest BCUT2D eigenvalue weighted by atomic mass is 35.5. The normalized spacial score (nSPS) is 20.1. The molecule has 0 N–H and O–H groups in total. The van der Waals surface area contributed by atoms with E-state index in [9.17, 15) is 0 Å². The van der Waals surface area contributed by atoms with Crippen molar-refractivity contribution in [2.75, 3.05) is 18.8 Å². The standard InChI is InChI=1S/C15H18ClN3S/c16-13-7-5-12(6-8-13)14-11-20-15(18-17-14)19-9-3-1-2-4-10-19/h5-8H,1-4,9-11H2. The third-order valence-electron chi connectivity index (χ3n) is 3.65. The lowest BCUT2D eigenvalue weighted by molar-refractivity contribution is 0.442. The molecule has 2 aliphatic rings. The Kier molecular flexibility index (Phi) is 4.63. The van der Waals surface area contributed by atoms with Crippen LogP contribution in [0.1, 0.15) is 31.2 Å². The molecule has 5 heteroatoms. The number of rotatable bonds is 1. The van der Waals surface area contributed by atoms with E-state index in [2.05, 4.69) is 15.1 Å². The van der Waals surface area contributed by atoms with Gasteiger partial charge in [0.05, 0.1) is 5.71 Å². The first-order valence-corrected chi connectivity index (χ1v) is 8.47. The van der Waals surface area contributed by atoms with E-state index in [4.69, 9.17) is 11.6 Å². The van der Waals surface area contributed by atoms with E-state index in [1.165, 1.54) is 25.7 Å². The molecule has 0 spiro atoms. The highest BCUT2D eigenvalue weighted by Crippen LogP contribution is 2.21. The Balaban J connectivity index is 1.73. The maximum atomic E-state index is 5.91. The summed E-state index contributed by atoms with van der Waals surface area (Å²) >= 11 is 7.71. The van der Waals surface area contributed by atoms with Gasteiger partial charge in [-0.25, -0.2) is 0 Å². The Labute approximate surface area is 129 Å². The summed E-state index contributed by atoms with van der Waals surface area (Å²) in [4.78, 5) is 2.39. The maximum Gasteiger partial charge on any atom is 0.186 e. The van der Waals surface area contributed by atoms with Crippen LogP contribution in [0.4, 0.5) is 0 Å². The second-order valence-corrected chi connectivity index (χ2v) is 6.51. The summed E-state index contributed by atoms with van der Waals surface area (Å²) in [5.41, 5.74) is 2.14. The number of amidine groups is 1. The van der Waals surface area contributed by atoms with Gasteiger partial charge in [-0.2, -0.15) is 5.10 Å². The molecular weight excluding hydrogens is 290 g/mol. The van der Waals surface area contributed by atoms with E-state index < -0.39 is 0 Å². The van der Waals surface area contributed by atoms with E-state index in [0.717, 1.165) is 40.3 Å². The average Bonchev–Trinajstić information content (AvgIpc) is 2.77. The van der Waals surface area contributed by atoms with Gasteiger partial charge in [-0.15, -0.1) is 5.10 Å². The highest BCUT2D eigenvalue weighted by Gasteiger charge is 2.18. The maximum absolute atomic E-state index is 5.91. The van der Waals surface area contributed by atoms with E-state index in [1.807, 2.05) is 24.3 Å². The van der Waals surface area contributed by atoms with Crippen molar-refractivity contribution in [2.24, 2.45) is 10.2 Å². The molecule has 2 heterocycles. The molecule has 106 valence electrons. The average molecular weight is 308 g/mol. The van der Waals surface area contributed by atoms with Gasteiger partial charge >= 0.3 is 0 Å². The molecule has 0 atom stereocenters. The van der Waals surface area contributed by atoms with Crippen LogP contribution in [0.5, 0.6) is 0 Å². The van der Waals surface area contributed by atoms with Crippen molar-refractivity contribution >= 4 is 34.2 Å². The molecule has 0 aliphatic carbocycles. The smallest absolute Gasteiger partial charge is 0.186 e. The van der Waals surface area contributed by atoms with Crippen LogP contribution in [0.2, 0.25) is 5.02 Å². The Bertz CT molecular complexity index is 516. The van der Waals surface area contributed by atoms with Gasteiger partial charge in [0.2, 0.25) is 0 Å². The summed E-state index contributed by atoms with van der Waals surface area (Å²) in [7, 11) is 0. The number of hydrogen-bond donors (Lipinski definition) is 0. The van der Waals surface area contributed by atoms with Gasteiger partial charge < -0.3 is 4.90 Å². The quantitative estimate of drug-likeness (QED) is 0.783. The van der Waals surface area contributed by atoms with Crippen molar-refractivity contribution in [3.63, 3.8) is 0 Å². The zero-order chi connectivity index (χ0) is 13.8. The molecule has 3 rings (SSSR count). The fourth-order valence-electron chi connectivity index (χ4n) is 2.49. The SMILES string of the molecule is Clc1ccc(C2=NN=C(N3CCCCCC3)SC2)cc1. The van der Waals surface area contributed by atoms with Crippen LogP contribution in [-0.2, 0) is 0 Å². The van der Waals surface area contributed by atoms with Gasteiger partial charge in [0, 0.05) is 23.9 Å². The number of likely N-dealkylation sites (tertiary alicyclic amines) is 1. The fraction of sp³-hybridized carbons (Fsp3) is 0.467. The third kappa shape index (κ3) is 3.36. The Morgan fingerprint density at radius 3 is 2.25 bits per heavy atom. The van der Waals surface area contributed by atoms with Gasteiger partial charge in [-0.3, -0.25) is 0 Å². The Hall–Kier alpha value is -1.00. The first-order valence-electron chi connectivity index (χ1n) is 7.11. The van der Waals surface area contributed by atoms with Crippen LogP contribution < -0.4 is 0 Å². The van der Waals surface area contributed by atoms with Gasteiger partial charge in [-0.1, -0.05) is 48.3 Å². The van der Waals surface area contributed by atoms with Crippen molar-refractivity contribution in [1.29, 1.82) is 0 Å². The minimum absolute atomic E-state index is 0.756. The van der Waals surface area contributed by atoms with Crippen LogP contribution in [0.25, 0.3) is 0 Å². The highest BCUT2D eigenvalue weighted by molar-refractivity contribution is 8.14. The molecule has 0 amide bonds. The van der Waals surface area contributed by atoms with E-state index in [1.54, 1.807) is 11.8 Å². The molecule has 3 nitrogen and oxygen atoms in total. The van der Waals surface area contributed by atoms with Crippen LogP contribution in [0.3, 0.4) is 0 Å². The number of nitrogens with zero attached hydrogens (tertiary/aromatic N) is 3. The largest absolute Gasteiger partial charge is 0.350 e. The van der Waals surface area contributed by atoms with E-state index in [0.29, 0.717) is 0 Å². The van der Waals surface area contributed by atoms with Crippen molar-refractivity contribution < 1.29 is 0 Å². The number of hydrogen-bond acceptors (Lipinski definition) is 4. The molecule has 0 saturated carbocycles. The Morgan fingerprint density at radius 1 is 0.950 bits per heavy atom.